The van der Waals surface area contributed by atoms with Crippen LogP contribution in [0.2, 0.25) is 0 Å². The van der Waals surface area contributed by atoms with Crippen LogP contribution >= 0.6 is 0 Å². The summed E-state index contributed by atoms with van der Waals surface area (Å²) in [5, 5.41) is 19.8. The Balaban J connectivity index is 2.09. The number of ether oxygens (including phenoxy) is 1. The number of hydrogen-bond acceptors (Lipinski definition) is 5. The summed E-state index contributed by atoms with van der Waals surface area (Å²) in [7, 11) is 5.96. The van der Waals surface area contributed by atoms with Gasteiger partial charge in [0.1, 0.15) is 12.2 Å². The Morgan fingerprint density at radius 3 is 2.33 bits per heavy atom. The third-order valence-corrected chi connectivity index (χ3v) is 3.97. The highest BCUT2D eigenvalue weighted by molar-refractivity contribution is 5.15. The van der Waals surface area contributed by atoms with E-state index in [4.69, 9.17) is 4.74 Å². The largest absolute Gasteiger partial charge is 0.394 e. The molecule has 0 amide bonds. The molecule has 2 N–H and O–H groups in total. The molecule has 1 aliphatic rings. The Morgan fingerprint density at radius 2 is 1.76 bits per heavy atom. The van der Waals surface area contributed by atoms with Crippen molar-refractivity contribution in [2.24, 2.45) is 0 Å². The van der Waals surface area contributed by atoms with E-state index in [-0.39, 0.29) is 18.8 Å². The summed E-state index contributed by atoms with van der Waals surface area (Å²) in [5.74, 6) is 0. The molecule has 0 unspecified atom stereocenters. The molecule has 4 atom stereocenters. The van der Waals surface area contributed by atoms with E-state index in [0.29, 0.717) is 0 Å². The van der Waals surface area contributed by atoms with Crippen molar-refractivity contribution in [2.75, 3.05) is 34.3 Å². The van der Waals surface area contributed by atoms with Crippen molar-refractivity contribution in [3.63, 3.8) is 0 Å². The lowest BCUT2D eigenvalue weighted by Crippen LogP contribution is -2.48. The molecule has 21 heavy (non-hydrogen) atoms. The lowest BCUT2D eigenvalue weighted by Gasteiger charge is -2.31. The van der Waals surface area contributed by atoms with Gasteiger partial charge in [-0.2, -0.15) is 0 Å². The third-order valence-electron chi connectivity index (χ3n) is 3.97. The van der Waals surface area contributed by atoms with Gasteiger partial charge in [-0.15, -0.1) is 0 Å². The summed E-state index contributed by atoms with van der Waals surface area (Å²) in [6.07, 6.45) is -1.28. The number of rotatable bonds is 6. The first-order valence-corrected chi connectivity index (χ1v) is 7.36. The first kappa shape index (κ1) is 16.4. The maximum atomic E-state index is 10.4. The molecule has 1 fully saturated rings. The molecule has 1 aliphatic heterocycles. The average Bonchev–Trinajstić information content (AvgIpc) is 2.75. The van der Waals surface area contributed by atoms with Crippen molar-refractivity contribution >= 4 is 0 Å². The first-order chi connectivity index (χ1) is 10.0. The van der Waals surface area contributed by atoms with Gasteiger partial charge in [0, 0.05) is 13.1 Å². The average molecular weight is 294 g/mol. The maximum Gasteiger partial charge on any atom is 0.109 e. The van der Waals surface area contributed by atoms with Crippen molar-refractivity contribution in [1.29, 1.82) is 0 Å². The smallest absolute Gasteiger partial charge is 0.109 e. The molecule has 1 aromatic carbocycles. The van der Waals surface area contributed by atoms with Gasteiger partial charge in [-0.05, 0) is 26.7 Å². The monoisotopic (exact) mass is 294 g/mol. The van der Waals surface area contributed by atoms with Gasteiger partial charge in [-0.25, -0.2) is 0 Å². The fourth-order valence-electron chi connectivity index (χ4n) is 3.01. The summed E-state index contributed by atoms with van der Waals surface area (Å²) < 4.78 is 5.82. The van der Waals surface area contributed by atoms with Crippen LogP contribution < -0.4 is 0 Å². The Kier molecular flexibility index (Phi) is 5.72. The van der Waals surface area contributed by atoms with Crippen LogP contribution in [0, 0.1) is 0 Å². The topological polar surface area (TPSA) is 56.2 Å². The Hall–Kier alpha value is -0.980. The van der Waals surface area contributed by atoms with Crippen LogP contribution in [0.15, 0.2) is 30.3 Å². The number of hydrogen-bond donors (Lipinski definition) is 2. The highest BCUT2D eigenvalue weighted by Gasteiger charge is 2.45. The highest BCUT2D eigenvalue weighted by Crippen LogP contribution is 2.26. The van der Waals surface area contributed by atoms with Crippen LogP contribution in [-0.4, -0.2) is 78.7 Å². The fraction of sp³-hybridized carbons (Fsp3) is 0.625. The molecule has 0 aliphatic carbocycles. The van der Waals surface area contributed by atoms with Crippen molar-refractivity contribution < 1.29 is 14.9 Å². The molecular formula is C16H26N2O3. The van der Waals surface area contributed by atoms with E-state index in [9.17, 15) is 10.2 Å². The molecule has 0 bridgehead atoms. The van der Waals surface area contributed by atoms with Gasteiger partial charge < -0.3 is 19.8 Å². The first-order valence-electron chi connectivity index (χ1n) is 7.36. The predicted octanol–water partition coefficient (Wildman–Crippen LogP) is 0.169. The number of likely N-dealkylation sites (N-methyl/N-ethyl adjacent to an activating group) is 2. The standard InChI is InChI=1S/C16H26N2O3/c1-17(2)10-13-15(16(20)14(11-19)21-13)18(3)9-12-7-5-4-6-8-12/h4-8,13-16,19-20H,9-11H2,1-3H3/t13-,14-,15+,16+/m0/s1. The molecular weight excluding hydrogens is 268 g/mol. The van der Waals surface area contributed by atoms with E-state index in [0.717, 1.165) is 13.1 Å². The van der Waals surface area contributed by atoms with Gasteiger partial charge in [0.15, 0.2) is 0 Å². The van der Waals surface area contributed by atoms with E-state index >= 15 is 0 Å². The molecule has 1 aromatic rings. The van der Waals surface area contributed by atoms with Gasteiger partial charge >= 0.3 is 0 Å². The zero-order chi connectivity index (χ0) is 15.4. The molecule has 5 heteroatoms. The van der Waals surface area contributed by atoms with Gasteiger partial charge in [-0.3, -0.25) is 4.90 Å². The third kappa shape index (κ3) is 4.02. The van der Waals surface area contributed by atoms with E-state index in [1.807, 2.05) is 44.2 Å². The van der Waals surface area contributed by atoms with Crippen LogP contribution in [0.5, 0.6) is 0 Å². The Bertz CT molecular complexity index is 427. The van der Waals surface area contributed by atoms with E-state index in [1.165, 1.54) is 5.56 Å². The second kappa shape index (κ2) is 7.33. The zero-order valence-electron chi connectivity index (χ0n) is 13.0. The normalized spacial score (nSPS) is 29.5. The fourth-order valence-corrected chi connectivity index (χ4v) is 3.01. The lowest BCUT2D eigenvalue weighted by atomic mass is 10.0. The van der Waals surface area contributed by atoms with Gasteiger partial charge in [-0.1, -0.05) is 30.3 Å². The molecule has 118 valence electrons. The van der Waals surface area contributed by atoms with Crippen molar-refractivity contribution in [2.45, 2.75) is 30.9 Å². The minimum absolute atomic E-state index is 0.110. The molecule has 5 nitrogen and oxygen atoms in total. The van der Waals surface area contributed by atoms with Gasteiger partial charge in [0.05, 0.1) is 18.8 Å². The van der Waals surface area contributed by atoms with Crippen molar-refractivity contribution in [3.05, 3.63) is 35.9 Å². The van der Waals surface area contributed by atoms with Gasteiger partial charge in [0.25, 0.3) is 0 Å². The lowest BCUT2D eigenvalue weighted by molar-refractivity contribution is -0.0273. The molecule has 1 heterocycles. The van der Waals surface area contributed by atoms with Crippen LogP contribution in [0.1, 0.15) is 5.56 Å². The molecule has 0 spiro atoms. The second-order valence-electron chi connectivity index (χ2n) is 6.04. The van der Waals surface area contributed by atoms with Crippen molar-refractivity contribution in [1.82, 2.24) is 9.80 Å². The van der Waals surface area contributed by atoms with E-state index < -0.39 is 12.2 Å². The number of benzene rings is 1. The predicted molar refractivity (Wildman–Crippen MR) is 82.0 cm³/mol. The summed E-state index contributed by atoms with van der Waals surface area (Å²) in [4.78, 5) is 4.16. The number of aliphatic hydroxyl groups excluding tert-OH is 2. The summed E-state index contributed by atoms with van der Waals surface area (Å²) in [6.45, 7) is 1.31. The molecule has 1 saturated heterocycles. The van der Waals surface area contributed by atoms with E-state index in [1.54, 1.807) is 0 Å². The Labute approximate surface area is 126 Å². The van der Waals surface area contributed by atoms with Gasteiger partial charge in [0.2, 0.25) is 0 Å². The minimum atomic E-state index is -0.673. The quantitative estimate of drug-likeness (QED) is 0.783. The SMILES string of the molecule is CN(C)C[C@@H]1O[C@@H](CO)[C@@H](O)[C@@H]1N(C)Cc1ccccc1. The van der Waals surface area contributed by atoms with Crippen LogP contribution in [-0.2, 0) is 11.3 Å². The van der Waals surface area contributed by atoms with Crippen LogP contribution in [0.4, 0.5) is 0 Å². The number of aliphatic hydroxyl groups is 2. The minimum Gasteiger partial charge on any atom is -0.394 e. The molecule has 2 rings (SSSR count). The molecule has 0 aromatic heterocycles. The summed E-state index contributed by atoms with van der Waals surface area (Å²) in [6, 6.07) is 10.0. The molecule has 0 saturated carbocycles. The number of nitrogens with zero attached hydrogens (tertiary/aromatic N) is 2. The zero-order valence-corrected chi connectivity index (χ0v) is 13.0. The summed E-state index contributed by atoms with van der Waals surface area (Å²) >= 11 is 0. The second-order valence-corrected chi connectivity index (χ2v) is 6.04. The summed E-state index contributed by atoms with van der Waals surface area (Å²) in [5.41, 5.74) is 1.20. The molecule has 0 radical (unpaired) electrons. The highest BCUT2D eigenvalue weighted by atomic mass is 16.5. The van der Waals surface area contributed by atoms with Crippen LogP contribution in [0.3, 0.4) is 0 Å². The Morgan fingerprint density at radius 1 is 1.10 bits per heavy atom. The van der Waals surface area contributed by atoms with E-state index in [2.05, 4.69) is 17.0 Å². The van der Waals surface area contributed by atoms with Crippen molar-refractivity contribution in [3.8, 4) is 0 Å². The van der Waals surface area contributed by atoms with Crippen LogP contribution in [0.25, 0.3) is 0 Å². The maximum absolute atomic E-state index is 10.4.